The number of nitrogens with one attached hydrogen (secondary N) is 1. The lowest BCUT2D eigenvalue weighted by molar-refractivity contribution is 1.10. The van der Waals surface area contributed by atoms with E-state index in [4.69, 9.17) is 5.26 Å². The van der Waals surface area contributed by atoms with Crippen LogP contribution >= 0.6 is 23.5 Å². The van der Waals surface area contributed by atoms with Crippen molar-refractivity contribution < 1.29 is 0 Å². The number of rotatable bonds is 4. The standard InChI is InChI=1S/C12H15N3S2/c1-3-8-17-11-7-5-4-6-10(11)15-12(16-2)14-9-13/h4-7H,3,8H2,1-2H3,(H,14,15). The van der Waals surface area contributed by atoms with Gasteiger partial charge in [-0.1, -0.05) is 30.8 Å². The van der Waals surface area contributed by atoms with E-state index in [0.29, 0.717) is 5.17 Å². The van der Waals surface area contributed by atoms with Gasteiger partial charge in [0.15, 0.2) is 11.4 Å². The predicted molar refractivity (Wildman–Crippen MR) is 76.8 cm³/mol. The minimum absolute atomic E-state index is 0.622. The molecule has 1 rings (SSSR count). The molecule has 90 valence electrons. The van der Waals surface area contributed by atoms with Gasteiger partial charge in [-0.25, -0.2) is 4.99 Å². The van der Waals surface area contributed by atoms with Gasteiger partial charge in [-0.2, -0.15) is 5.26 Å². The summed E-state index contributed by atoms with van der Waals surface area (Å²) in [5.41, 5.74) is 0.915. The van der Waals surface area contributed by atoms with Crippen LogP contribution in [0.3, 0.4) is 0 Å². The number of nitriles is 1. The fourth-order valence-electron chi connectivity index (χ4n) is 1.17. The highest BCUT2D eigenvalue weighted by Crippen LogP contribution is 2.30. The summed E-state index contributed by atoms with van der Waals surface area (Å²) < 4.78 is 0. The summed E-state index contributed by atoms with van der Waals surface area (Å²) in [7, 11) is 0. The van der Waals surface area contributed by atoms with Gasteiger partial charge in [0.25, 0.3) is 0 Å². The Labute approximate surface area is 111 Å². The van der Waals surface area contributed by atoms with Gasteiger partial charge >= 0.3 is 0 Å². The van der Waals surface area contributed by atoms with Crippen LogP contribution in [0.1, 0.15) is 13.3 Å². The maximum absolute atomic E-state index is 8.60. The highest BCUT2D eigenvalue weighted by atomic mass is 32.2. The molecule has 1 aromatic rings. The smallest absolute Gasteiger partial charge is 0.183 e. The van der Waals surface area contributed by atoms with Crippen LogP contribution in [-0.4, -0.2) is 17.2 Å². The van der Waals surface area contributed by atoms with Crippen LogP contribution in [0.5, 0.6) is 0 Å². The molecule has 5 heteroatoms. The number of benzene rings is 1. The molecule has 0 aliphatic heterocycles. The highest BCUT2D eigenvalue weighted by Gasteiger charge is 2.02. The first-order valence-corrected chi connectivity index (χ1v) is 7.52. The summed E-state index contributed by atoms with van der Waals surface area (Å²) in [6.45, 7) is 2.16. The molecule has 1 N–H and O–H groups in total. The third-order valence-electron chi connectivity index (χ3n) is 1.91. The topological polar surface area (TPSA) is 48.2 Å². The number of nitrogens with zero attached hydrogens (tertiary/aromatic N) is 2. The van der Waals surface area contributed by atoms with Crippen LogP contribution in [0, 0.1) is 11.5 Å². The SMILES string of the molecule is CCCSc1ccccc1N=C(NC#N)SC. The molecule has 0 aliphatic rings. The fourth-order valence-corrected chi connectivity index (χ4v) is 2.36. The lowest BCUT2D eigenvalue weighted by Gasteiger charge is -2.05. The Bertz CT molecular complexity index is 424. The van der Waals surface area contributed by atoms with E-state index in [2.05, 4.69) is 23.3 Å². The number of aliphatic imine (C=N–C) groups is 1. The molecule has 0 saturated carbocycles. The van der Waals surface area contributed by atoms with Gasteiger partial charge in [0, 0.05) is 4.90 Å². The molecule has 1 aromatic carbocycles. The first kappa shape index (κ1) is 13.9. The molecule has 0 saturated heterocycles. The highest BCUT2D eigenvalue weighted by molar-refractivity contribution is 8.13. The minimum atomic E-state index is 0.622. The van der Waals surface area contributed by atoms with Crippen LogP contribution in [0.15, 0.2) is 34.2 Å². The molecule has 17 heavy (non-hydrogen) atoms. The lowest BCUT2D eigenvalue weighted by atomic mass is 10.3. The zero-order valence-electron chi connectivity index (χ0n) is 9.93. The average Bonchev–Trinajstić information content (AvgIpc) is 2.37. The average molecular weight is 265 g/mol. The summed E-state index contributed by atoms with van der Waals surface area (Å²) in [4.78, 5) is 5.60. The van der Waals surface area contributed by atoms with E-state index in [1.807, 2.05) is 30.6 Å². The third kappa shape index (κ3) is 4.72. The molecule has 0 radical (unpaired) electrons. The molecule has 0 spiro atoms. The molecule has 0 aliphatic carbocycles. The molecule has 0 aromatic heterocycles. The van der Waals surface area contributed by atoms with Crippen LogP contribution in [-0.2, 0) is 0 Å². The Kier molecular flexibility index (Phi) is 6.60. The number of hydrogen-bond donors (Lipinski definition) is 1. The van der Waals surface area contributed by atoms with E-state index < -0.39 is 0 Å². The number of hydrogen-bond acceptors (Lipinski definition) is 4. The van der Waals surface area contributed by atoms with E-state index in [-0.39, 0.29) is 0 Å². The van der Waals surface area contributed by atoms with Crippen molar-refractivity contribution in [2.45, 2.75) is 18.2 Å². The van der Waals surface area contributed by atoms with Crippen molar-refractivity contribution in [1.82, 2.24) is 5.32 Å². The quantitative estimate of drug-likeness (QED) is 0.297. The van der Waals surface area contributed by atoms with Gasteiger partial charge in [-0.3, -0.25) is 5.32 Å². The van der Waals surface area contributed by atoms with Crippen molar-refractivity contribution in [2.24, 2.45) is 4.99 Å². The van der Waals surface area contributed by atoms with Crippen molar-refractivity contribution in [3.05, 3.63) is 24.3 Å². The number of para-hydroxylation sites is 1. The molecular weight excluding hydrogens is 250 g/mol. The van der Waals surface area contributed by atoms with Gasteiger partial charge in [-0.05, 0) is 30.6 Å². The van der Waals surface area contributed by atoms with Crippen molar-refractivity contribution in [3.8, 4) is 6.19 Å². The molecule has 0 atom stereocenters. The molecule has 3 nitrogen and oxygen atoms in total. The van der Waals surface area contributed by atoms with Crippen molar-refractivity contribution in [2.75, 3.05) is 12.0 Å². The molecular formula is C12H15N3S2. The lowest BCUT2D eigenvalue weighted by Crippen LogP contribution is -2.12. The Hall–Kier alpha value is -1.12. The molecule has 0 unspecified atom stereocenters. The second-order valence-electron chi connectivity index (χ2n) is 3.17. The Balaban J connectivity index is 2.92. The summed E-state index contributed by atoms with van der Waals surface area (Å²) in [5.74, 6) is 1.08. The minimum Gasteiger partial charge on any atom is -0.271 e. The number of amidine groups is 1. The molecule has 0 heterocycles. The second kappa shape index (κ2) is 8.04. The second-order valence-corrected chi connectivity index (χ2v) is 5.11. The van der Waals surface area contributed by atoms with E-state index >= 15 is 0 Å². The van der Waals surface area contributed by atoms with Crippen molar-refractivity contribution >= 4 is 34.4 Å². The first-order valence-electron chi connectivity index (χ1n) is 5.31. The fraction of sp³-hybridized carbons (Fsp3) is 0.333. The van der Waals surface area contributed by atoms with Crippen LogP contribution in [0.4, 0.5) is 5.69 Å². The van der Waals surface area contributed by atoms with Gasteiger partial charge < -0.3 is 0 Å². The normalized spacial score (nSPS) is 11.0. The van der Waals surface area contributed by atoms with E-state index in [1.54, 1.807) is 11.8 Å². The van der Waals surface area contributed by atoms with Gasteiger partial charge in [0.1, 0.15) is 0 Å². The van der Waals surface area contributed by atoms with Crippen molar-refractivity contribution in [3.63, 3.8) is 0 Å². The van der Waals surface area contributed by atoms with E-state index in [1.165, 1.54) is 11.8 Å². The Morgan fingerprint density at radius 2 is 2.24 bits per heavy atom. The molecule has 0 amide bonds. The molecule has 0 fully saturated rings. The zero-order chi connectivity index (χ0) is 12.5. The van der Waals surface area contributed by atoms with Gasteiger partial charge in [0.05, 0.1) is 5.69 Å². The summed E-state index contributed by atoms with van der Waals surface area (Å²) in [6, 6.07) is 7.99. The predicted octanol–water partition coefficient (Wildman–Crippen LogP) is 3.61. The van der Waals surface area contributed by atoms with Crippen LogP contribution in [0.2, 0.25) is 0 Å². The van der Waals surface area contributed by atoms with Gasteiger partial charge in [-0.15, -0.1) is 11.8 Å². The van der Waals surface area contributed by atoms with Crippen molar-refractivity contribution in [1.29, 1.82) is 5.26 Å². The third-order valence-corrected chi connectivity index (χ3v) is 3.75. The van der Waals surface area contributed by atoms with E-state index in [9.17, 15) is 0 Å². The summed E-state index contributed by atoms with van der Waals surface area (Å²) in [6.07, 6.45) is 4.92. The Morgan fingerprint density at radius 1 is 1.47 bits per heavy atom. The summed E-state index contributed by atoms with van der Waals surface area (Å²) in [5, 5.41) is 11.8. The maximum Gasteiger partial charge on any atom is 0.183 e. The molecule has 0 bridgehead atoms. The van der Waals surface area contributed by atoms with E-state index in [0.717, 1.165) is 22.8 Å². The number of thioether (sulfide) groups is 2. The largest absolute Gasteiger partial charge is 0.271 e. The zero-order valence-corrected chi connectivity index (χ0v) is 11.6. The maximum atomic E-state index is 8.60. The summed E-state index contributed by atoms with van der Waals surface area (Å²) >= 11 is 3.22. The Morgan fingerprint density at radius 3 is 2.88 bits per heavy atom. The first-order chi connectivity index (χ1) is 8.31. The monoisotopic (exact) mass is 265 g/mol. The van der Waals surface area contributed by atoms with Crippen LogP contribution in [0.25, 0.3) is 0 Å². The van der Waals surface area contributed by atoms with Gasteiger partial charge in [0.2, 0.25) is 0 Å². The van der Waals surface area contributed by atoms with Crippen LogP contribution < -0.4 is 5.32 Å².